The van der Waals surface area contributed by atoms with Crippen molar-refractivity contribution >= 4 is 28.9 Å². The summed E-state index contributed by atoms with van der Waals surface area (Å²) in [5.74, 6) is 0.216. The fraction of sp³-hybridized carbons (Fsp3) is 0.174. The molecular formula is C23H22N2O5. The van der Waals surface area contributed by atoms with Crippen molar-refractivity contribution in [3.05, 3.63) is 71.8 Å². The van der Waals surface area contributed by atoms with Crippen LogP contribution in [0.25, 0.3) is 10.8 Å². The van der Waals surface area contributed by atoms with Gasteiger partial charge in [0.2, 0.25) is 0 Å². The van der Waals surface area contributed by atoms with Gasteiger partial charge in [-0.3, -0.25) is 4.79 Å². The quantitative estimate of drug-likeness (QED) is 0.351. The van der Waals surface area contributed by atoms with Crippen LogP contribution < -0.4 is 14.9 Å². The van der Waals surface area contributed by atoms with Crippen molar-refractivity contribution in [3.63, 3.8) is 0 Å². The molecule has 0 radical (unpaired) electrons. The minimum atomic E-state index is -0.421. The van der Waals surface area contributed by atoms with E-state index in [-0.39, 0.29) is 12.5 Å². The third-order valence-corrected chi connectivity index (χ3v) is 4.23. The van der Waals surface area contributed by atoms with Crippen LogP contribution in [0, 0.1) is 0 Å². The van der Waals surface area contributed by atoms with E-state index in [1.54, 1.807) is 37.3 Å². The van der Waals surface area contributed by atoms with Crippen LogP contribution in [0.1, 0.15) is 22.8 Å². The molecular weight excluding hydrogens is 384 g/mol. The summed E-state index contributed by atoms with van der Waals surface area (Å²) in [6.45, 7) is 1.90. The monoisotopic (exact) mass is 406 g/mol. The average molecular weight is 406 g/mol. The van der Waals surface area contributed by atoms with Gasteiger partial charge in [0.15, 0.2) is 6.61 Å². The normalized spacial score (nSPS) is 10.7. The van der Waals surface area contributed by atoms with Crippen LogP contribution in [-0.4, -0.2) is 38.4 Å². The number of hydrogen-bond donors (Lipinski definition) is 1. The third kappa shape index (κ3) is 5.35. The molecule has 1 N–H and O–H groups in total. The molecule has 0 fully saturated rings. The van der Waals surface area contributed by atoms with Gasteiger partial charge < -0.3 is 14.2 Å². The molecule has 0 aliphatic heterocycles. The molecule has 0 saturated heterocycles. The number of ether oxygens (including phenoxy) is 3. The molecule has 0 bridgehead atoms. The molecule has 1 amide bonds. The number of nitrogens with one attached hydrogen (secondary N) is 1. The second kappa shape index (κ2) is 10.1. The molecule has 0 aliphatic carbocycles. The van der Waals surface area contributed by atoms with Crippen LogP contribution in [-0.2, 0) is 9.53 Å². The smallest absolute Gasteiger partial charge is 0.344 e. The van der Waals surface area contributed by atoms with E-state index in [9.17, 15) is 9.59 Å². The Bertz CT molecular complexity index is 1060. The number of carbonyl (C=O) groups is 2. The lowest BCUT2D eigenvalue weighted by Crippen LogP contribution is -2.18. The zero-order valence-electron chi connectivity index (χ0n) is 16.8. The van der Waals surface area contributed by atoms with Gasteiger partial charge in [-0.25, -0.2) is 10.2 Å². The molecule has 0 unspecified atom stereocenters. The first kappa shape index (κ1) is 20.9. The standard InChI is InChI=1S/C23H22N2O5/c1-3-29-22(26)15-30-19-10-8-16(9-11-19)14-24-25-23(27)20-12-17-6-4-5-7-18(17)13-21(20)28-2/h4-14H,3,15H2,1-2H3,(H,25,27)/b24-14-. The second-order valence-corrected chi connectivity index (χ2v) is 6.26. The first-order valence-electron chi connectivity index (χ1n) is 9.39. The van der Waals surface area contributed by atoms with Gasteiger partial charge >= 0.3 is 5.97 Å². The Balaban J connectivity index is 1.62. The number of methoxy groups -OCH3 is 1. The lowest BCUT2D eigenvalue weighted by molar-refractivity contribution is -0.145. The molecule has 3 aromatic rings. The molecule has 0 spiro atoms. The van der Waals surface area contributed by atoms with E-state index < -0.39 is 5.97 Å². The van der Waals surface area contributed by atoms with Gasteiger partial charge in [0.05, 0.1) is 25.5 Å². The lowest BCUT2D eigenvalue weighted by atomic mass is 10.1. The first-order valence-corrected chi connectivity index (χ1v) is 9.39. The summed E-state index contributed by atoms with van der Waals surface area (Å²) in [5.41, 5.74) is 3.67. The molecule has 7 nitrogen and oxygen atoms in total. The van der Waals surface area contributed by atoms with E-state index >= 15 is 0 Å². The Morgan fingerprint density at radius 2 is 1.73 bits per heavy atom. The van der Waals surface area contributed by atoms with Crippen LogP contribution in [0.5, 0.6) is 11.5 Å². The van der Waals surface area contributed by atoms with E-state index in [4.69, 9.17) is 14.2 Å². The number of rotatable bonds is 8. The Hall–Kier alpha value is -3.87. The minimum Gasteiger partial charge on any atom is -0.496 e. The maximum Gasteiger partial charge on any atom is 0.344 e. The number of benzene rings is 3. The third-order valence-electron chi connectivity index (χ3n) is 4.23. The molecule has 0 atom stereocenters. The van der Waals surface area contributed by atoms with E-state index in [1.165, 1.54) is 13.3 Å². The second-order valence-electron chi connectivity index (χ2n) is 6.26. The lowest BCUT2D eigenvalue weighted by Gasteiger charge is -2.09. The maximum atomic E-state index is 12.5. The zero-order chi connectivity index (χ0) is 21.3. The summed E-state index contributed by atoms with van der Waals surface area (Å²) in [4.78, 5) is 23.9. The van der Waals surface area contributed by atoms with Gasteiger partial charge in [-0.05, 0) is 59.7 Å². The van der Waals surface area contributed by atoms with Crippen LogP contribution in [0.4, 0.5) is 0 Å². The molecule has 3 aromatic carbocycles. The highest BCUT2D eigenvalue weighted by atomic mass is 16.6. The SMILES string of the molecule is CCOC(=O)COc1ccc(/C=N\NC(=O)c2cc3ccccc3cc2OC)cc1. The molecule has 0 aromatic heterocycles. The highest BCUT2D eigenvalue weighted by molar-refractivity contribution is 6.01. The number of amides is 1. The Labute approximate surface area is 174 Å². The molecule has 30 heavy (non-hydrogen) atoms. The largest absolute Gasteiger partial charge is 0.496 e. The van der Waals surface area contributed by atoms with Gasteiger partial charge in [-0.2, -0.15) is 5.10 Å². The molecule has 3 rings (SSSR count). The zero-order valence-corrected chi connectivity index (χ0v) is 16.8. The molecule has 0 aliphatic rings. The van der Waals surface area contributed by atoms with Crippen molar-refractivity contribution in [2.45, 2.75) is 6.92 Å². The molecule has 0 saturated carbocycles. The predicted molar refractivity (Wildman–Crippen MR) is 114 cm³/mol. The van der Waals surface area contributed by atoms with Crippen molar-refractivity contribution in [3.8, 4) is 11.5 Å². The Morgan fingerprint density at radius 1 is 1.03 bits per heavy atom. The fourth-order valence-corrected chi connectivity index (χ4v) is 2.79. The van der Waals surface area contributed by atoms with Crippen LogP contribution in [0.3, 0.4) is 0 Å². The van der Waals surface area contributed by atoms with Crippen molar-refractivity contribution in [1.29, 1.82) is 0 Å². The van der Waals surface area contributed by atoms with E-state index in [0.717, 1.165) is 16.3 Å². The van der Waals surface area contributed by atoms with Crippen molar-refractivity contribution < 1.29 is 23.8 Å². The van der Waals surface area contributed by atoms with Crippen LogP contribution in [0.2, 0.25) is 0 Å². The van der Waals surface area contributed by atoms with Crippen LogP contribution in [0.15, 0.2) is 65.8 Å². The van der Waals surface area contributed by atoms with E-state index in [0.29, 0.717) is 23.7 Å². The van der Waals surface area contributed by atoms with E-state index in [1.807, 2.05) is 30.3 Å². The summed E-state index contributed by atoms with van der Waals surface area (Å²) < 4.78 is 15.5. The summed E-state index contributed by atoms with van der Waals surface area (Å²) >= 11 is 0. The number of carbonyl (C=O) groups excluding carboxylic acids is 2. The van der Waals surface area contributed by atoms with E-state index in [2.05, 4.69) is 10.5 Å². The van der Waals surface area contributed by atoms with Gasteiger partial charge in [0.25, 0.3) is 5.91 Å². The fourth-order valence-electron chi connectivity index (χ4n) is 2.79. The molecule has 0 heterocycles. The average Bonchev–Trinajstić information content (AvgIpc) is 2.77. The number of nitrogens with zero attached hydrogens (tertiary/aromatic N) is 1. The van der Waals surface area contributed by atoms with Crippen molar-refractivity contribution in [2.24, 2.45) is 5.10 Å². The number of fused-ring (bicyclic) bond motifs is 1. The summed E-state index contributed by atoms with van der Waals surface area (Å²) in [6.07, 6.45) is 1.51. The molecule has 7 heteroatoms. The van der Waals surface area contributed by atoms with Crippen LogP contribution >= 0.6 is 0 Å². The summed E-state index contributed by atoms with van der Waals surface area (Å²) in [6, 6.07) is 18.2. The summed E-state index contributed by atoms with van der Waals surface area (Å²) in [7, 11) is 1.52. The Morgan fingerprint density at radius 3 is 2.40 bits per heavy atom. The maximum absolute atomic E-state index is 12.5. The molecule has 154 valence electrons. The number of hydrazone groups is 1. The minimum absolute atomic E-state index is 0.148. The number of hydrogen-bond acceptors (Lipinski definition) is 6. The van der Waals surface area contributed by atoms with Gasteiger partial charge in [0, 0.05) is 0 Å². The van der Waals surface area contributed by atoms with Crippen molar-refractivity contribution in [2.75, 3.05) is 20.3 Å². The first-order chi connectivity index (χ1) is 14.6. The highest BCUT2D eigenvalue weighted by Crippen LogP contribution is 2.25. The highest BCUT2D eigenvalue weighted by Gasteiger charge is 2.13. The summed E-state index contributed by atoms with van der Waals surface area (Å²) in [5, 5.41) is 5.93. The van der Waals surface area contributed by atoms with Gasteiger partial charge in [0.1, 0.15) is 11.5 Å². The predicted octanol–water partition coefficient (Wildman–Crippen LogP) is 3.55. The van der Waals surface area contributed by atoms with Gasteiger partial charge in [-0.15, -0.1) is 0 Å². The van der Waals surface area contributed by atoms with Crippen molar-refractivity contribution in [1.82, 2.24) is 5.43 Å². The van der Waals surface area contributed by atoms with Gasteiger partial charge in [-0.1, -0.05) is 24.3 Å². The number of esters is 1. The topological polar surface area (TPSA) is 86.2 Å². The Kier molecular flexibility index (Phi) is 7.00.